The highest BCUT2D eigenvalue weighted by Gasteiger charge is 2.38. The van der Waals surface area contributed by atoms with Crippen molar-refractivity contribution in [3.8, 4) is 67.3 Å². The second-order valence-electron chi connectivity index (χ2n) is 15.2. The Balaban J connectivity index is 1.07. The summed E-state index contributed by atoms with van der Waals surface area (Å²) in [7, 11) is 0. The number of fused-ring (bicyclic) bond motifs is 3. The van der Waals surface area contributed by atoms with Gasteiger partial charge in [0.1, 0.15) is 0 Å². The van der Waals surface area contributed by atoms with E-state index in [-0.39, 0.29) is 5.41 Å². The molecular weight excluding hydrogens is 665 g/mol. The van der Waals surface area contributed by atoms with Crippen LogP contribution in [0.5, 0.6) is 0 Å². The minimum Gasteiger partial charge on any atom is -0.228 e. The molecule has 1 aromatic heterocycles. The average molecular weight is 705 g/mol. The summed E-state index contributed by atoms with van der Waals surface area (Å²) in [4.78, 5) is 10.4. The lowest BCUT2D eigenvalue weighted by molar-refractivity contribution is 0.651. The Hall–Kier alpha value is -6.64. The van der Waals surface area contributed by atoms with Crippen LogP contribution < -0.4 is 0 Å². The van der Waals surface area contributed by atoms with Gasteiger partial charge in [0.25, 0.3) is 0 Å². The first kappa shape index (κ1) is 33.0. The summed E-state index contributed by atoms with van der Waals surface area (Å²) in [5.41, 5.74) is 18.2. The molecule has 0 N–H and O–H groups in total. The van der Waals surface area contributed by atoms with E-state index in [0.29, 0.717) is 0 Å². The van der Waals surface area contributed by atoms with E-state index in [1.807, 2.05) is 6.07 Å². The summed E-state index contributed by atoms with van der Waals surface area (Å²) in [5.74, 6) is 0.717. The largest absolute Gasteiger partial charge is 0.228 e. The van der Waals surface area contributed by atoms with E-state index in [1.165, 1.54) is 66.4 Å². The molecule has 0 saturated carbocycles. The number of hydrogen-bond donors (Lipinski definition) is 0. The molecule has 0 saturated heterocycles. The fraction of sp³-hybridized carbons (Fsp3) is 0.0943. The van der Waals surface area contributed by atoms with E-state index in [0.717, 1.165) is 46.7 Å². The maximum absolute atomic E-state index is 5.25. The molecule has 262 valence electrons. The van der Waals surface area contributed by atoms with Crippen LogP contribution in [0.15, 0.2) is 188 Å². The van der Waals surface area contributed by atoms with Crippen molar-refractivity contribution in [2.45, 2.75) is 32.1 Å². The zero-order valence-corrected chi connectivity index (χ0v) is 31.1. The monoisotopic (exact) mass is 704 g/mol. The van der Waals surface area contributed by atoms with Crippen LogP contribution in [-0.2, 0) is 5.41 Å². The van der Waals surface area contributed by atoms with E-state index < -0.39 is 0 Å². The van der Waals surface area contributed by atoms with Crippen molar-refractivity contribution in [1.29, 1.82) is 0 Å². The van der Waals surface area contributed by atoms with E-state index in [2.05, 4.69) is 190 Å². The van der Waals surface area contributed by atoms with Gasteiger partial charge in [0.2, 0.25) is 0 Å². The molecule has 55 heavy (non-hydrogen) atoms. The Kier molecular flexibility index (Phi) is 7.99. The van der Waals surface area contributed by atoms with E-state index in [9.17, 15) is 0 Å². The van der Waals surface area contributed by atoms with Gasteiger partial charge in [0, 0.05) is 22.1 Å². The summed E-state index contributed by atoms with van der Waals surface area (Å²) < 4.78 is 0. The number of aromatic nitrogens is 2. The van der Waals surface area contributed by atoms with Gasteiger partial charge in [-0.15, -0.1) is 0 Å². The van der Waals surface area contributed by atoms with Crippen molar-refractivity contribution >= 4 is 16.3 Å². The van der Waals surface area contributed by atoms with Gasteiger partial charge in [0.15, 0.2) is 5.82 Å². The summed E-state index contributed by atoms with van der Waals surface area (Å²) >= 11 is 0. The van der Waals surface area contributed by atoms with Gasteiger partial charge < -0.3 is 0 Å². The number of benzene rings is 7. The molecule has 10 rings (SSSR count). The predicted octanol–water partition coefficient (Wildman–Crippen LogP) is 14.0. The molecule has 0 fully saturated rings. The number of nitrogens with zero attached hydrogens (tertiary/aromatic N) is 2. The van der Waals surface area contributed by atoms with Gasteiger partial charge in [-0.2, -0.15) is 0 Å². The maximum atomic E-state index is 5.25. The highest BCUT2D eigenvalue weighted by molar-refractivity contribution is 6.07. The average Bonchev–Trinajstić information content (AvgIpc) is 3.50. The zero-order chi connectivity index (χ0) is 36.9. The Labute approximate surface area is 323 Å². The van der Waals surface area contributed by atoms with Gasteiger partial charge in [-0.05, 0) is 85.3 Å². The van der Waals surface area contributed by atoms with Crippen LogP contribution in [-0.4, -0.2) is 9.97 Å². The highest BCUT2D eigenvalue weighted by Crippen LogP contribution is 2.53. The second kappa shape index (κ2) is 13.3. The Morgan fingerprint density at radius 3 is 1.67 bits per heavy atom. The molecule has 0 aliphatic heterocycles. The van der Waals surface area contributed by atoms with Crippen molar-refractivity contribution in [2.24, 2.45) is 0 Å². The molecular formula is C53H40N2. The van der Waals surface area contributed by atoms with Crippen molar-refractivity contribution in [3.05, 3.63) is 199 Å². The molecule has 0 amide bonds. The zero-order valence-electron chi connectivity index (χ0n) is 31.1. The minimum absolute atomic E-state index is 0.0102. The van der Waals surface area contributed by atoms with E-state index in [4.69, 9.17) is 9.97 Å². The normalized spacial score (nSPS) is 14.2. The van der Waals surface area contributed by atoms with Gasteiger partial charge in [-0.3, -0.25) is 0 Å². The lowest BCUT2D eigenvalue weighted by Crippen LogP contribution is -2.16. The van der Waals surface area contributed by atoms with Crippen LogP contribution in [0.4, 0.5) is 0 Å². The molecule has 2 nitrogen and oxygen atoms in total. The number of allylic oxidation sites excluding steroid dienone is 4. The Morgan fingerprint density at radius 1 is 0.455 bits per heavy atom. The van der Waals surface area contributed by atoms with Crippen LogP contribution in [0.3, 0.4) is 0 Å². The van der Waals surface area contributed by atoms with Crippen LogP contribution in [0.2, 0.25) is 0 Å². The first-order chi connectivity index (χ1) is 27.0. The van der Waals surface area contributed by atoms with Gasteiger partial charge in [0.05, 0.1) is 11.4 Å². The maximum Gasteiger partial charge on any atom is 0.160 e. The third-order valence-corrected chi connectivity index (χ3v) is 11.6. The van der Waals surface area contributed by atoms with Crippen LogP contribution in [0.25, 0.3) is 83.6 Å². The SMILES string of the molecule is CC1(C)C2=C(CCC=C2)c2c(-c3ccc(-c4cc(-c5ccc(-c6ccc(-c7ccccc7)cc6)cc5)nc(-c5ccccc5)n4)c4ccccc34)cccc21. The molecule has 2 aliphatic carbocycles. The fourth-order valence-electron chi connectivity index (χ4n) is 8.80. The fourth-order valence-corrected chi connectivity index (χ4v) is 8.80. The van der Waals surface area contributed by atoms with Gasteiger partial charge in [-0.1, -0.05) is 190 Å². The predicted molar refractivity (Wildman–Crippen MR) is 230 cm³/mol. The molecule has 0 atom stereocenters. The second-order valence-corrected chi connectivity index (χ2v) is 15.2. The number of hydrogen-bond acceptors (Lipinski definition) is 2. The first-order valence-corrected chi connectivity index (χ1v) is 19.3. The Morgan fingerprint density at radius 2 is 1.00 bits per heavy atom. The molecule has 0 spiro atoms. The van der Waals surface area contributed by atoms with Gasteiger partial charge in [-0.25, -0.2) is 9.97 Å². The summed E-state index contributed by atoms with van der Waals surface area (Å²) in [6, 6.07) is 60.9. The molecule has 0 radical (unpaired) electrons. The first-order valence-electron chi connectivity index (χ1n) is 19.3. The van der Waals surface area contributed by atoms with Crippen LogP contribution in [0, 0.1) is 0 Å². The van der Waals surface area contributed by atoms with Crippen molar-refractivity contribution in [3.63, 3.8) is 0 Å². The summed E-state index contributed by atoms with van der Waals surface area (Å²) in [6.45, 7) is 4.76. The van der Waals surface area contributed by atoms with Gasteiger partial charge >= 0.3 is 0 Å². The highest BCUT2D eigenvalue weighted by atomic mass is 14.9. The van der Waals surface area contributed by atoms with Crippen molar-refractivity contribution in [1.82, 2.24) is 9.97 Å². The quantitative estimate of drug-likeness (QED) is 0.172. The molecule has 2 heteroatoms. The lowest BCUT2D eigenvalue weighted by Gasteiger charge is -2.24. The smallest absolute Gasteiger partial charge is 0.160 e. The van der Waals surface area contributed by atoms with E-state index in [1.54, 1.807) is 0 Å². The molecule has 8 aromatic rings. The Bertz CT molecular complexity index is 2790. The molecule has 0 unspecified atom stereocenters. The number of rotatable bonds is 6. The topological polar surface area (TPSA) is 25.8 Å². The van der Waals surface area contributed by atoms with Crippen molar-refractivity contribution in [2.75, 3.05) is 0 Å². The summed E-state index contributed by atoms with van der Waals surface area (Å²) in [5, 5.41) is 2.42. The lowest BCUT2D eigenvalue weighted by atomic mass is 9.79. The molecule has 0 bridgehead atoms. The van der Waals surface area contributed by atoms with Crippen molar-refractivity contribution < 1.29 is 0 Å². The molecule has 7 aromatic carbocycles. The van der Waals surface area contributed by atoms with E-state index >= 15 is 0 Å². The third-order valence-electron chi connectivity index (χ3n) is 11.6. The van der Waals surface area contributed by atoms with Crippen LogP contribution >= 0.6 is 0 Å². The van der Waals surface area contributed by atoms with Crippen LogP contribution in [0.1, 0.15) is 37.8 Å². The molecule has 2 aliphatic rings. The standard InChI is InChI=1S/C53H40N2/c1-53(2)47-22-12-11-20-46(47)51-45(21-13-23-48(51)53)43-32-33-44(42-19-10-9-18-41(42)43)50-34-49(54-52(55-50)40-16-7-4-8-17-40)39-30-28-38(29-31-39)37-26-24-36(25-27-37)35-14-5-3-6-15-35/h3-10,12-19,21-34H,11,20H2,1-2H3. The molecule has 1 heterocycles. The minimum atomic E-state index is -0.0102. The summed E-state index contributed by atoms with van der Waals surface area (Å²) in [6.07, 6.45) is 6.89. The third kappa shape index (κ3) is 5.73.